The summed E-state index contributed by atoms with van der Waals surface area (Å²) in [5.74, 6) is 1.49. The van der Waals surface area contributed by atoms with Crippen LogP contribution in [0.15, 0.2) is 21.2 Å². The van der Waals surface area contributed by atoms with Crippen LogP contribution in [0.25, 0.3) is 0 Å². The van der Waals surface area contributed by atoms with Crippen LogP contribution in [0, 0.1) is 5.92 Å². The number of nitrogens with two attached hydrogens (primary N) is 1. The smallest absolute Gasteiger partial charge is 0.140 e. The Morgan fingerprint density at radius 3 is 2.94 bits per heavy atom. The van der Waals surface area contributed by atoms with E-state index in [0.29, 0.717) is 12.0 Å². The zero-order valence-electron chi connectivity index (χ0n) is 8.92. The molecule has 2 rings (SSSR count). The zero-order chi connectivity index (χ0) is 11.5. The molecule has 1 aromatic heterocycles. The Kier molecular flexibility index (Phi) is 4.21. The van der Waals surface area contributed by atoms with Gasteiger partial charge in [0.15, 0.2) is 0 Å². The molecule has 0 amide bonds. The summed E-state index contributed by atoms with van der Waals surface area (Å²) in [6.07, 6.45) is 5.47. The van der Waals surface area contributed by atoms with E-state index in [2.05, 4.69) is 42.2 Å². The van der Waals surface area contributed by atoms with Crippen LogP contribution in [0.1, 0.15) is 19.3 Å². The van der Waals surface area contributed by atoms with Crippen LogP contribution >= 0.6 is 31.9 Å². The number of aromatic nitrogens is 1. The molecule has 1 saturated carbocycles. The van der Waals surface area contributed by atoms with Crippen molar-refractivity contribution < 1.29 is 0 Å². The third-order valence-electron chi connectivity index (χ3n) is 3.09. The Morgan fingerprint density at radius 2 is 2.25 bits per heavy atom. The summed E-state index contributed by atoms with van der Waals surface area (Å²) in [5.41, 5.74) is 5.76. The van der Waals surface area contributed by atoms with Gasteiger partial charge in [-0.05, 0) is 63.2 Å². The number of halogens is 2. The van der Waals surface area contributed by atoms with Gasteiger partial charge in [0.1, 0.15) is 5.82 Å². The van der Waals surface area contributed by atoms with Crippen LogP contribution in [0.4, 0.5) is 5.82 Å². The average Bonchev–Trinajstić information content (AvgIpc) is 2.69. The highest BCUT2D eigenvalue weighted by Crippen LogP contribution is 2.30. The lowest BCUT2D eigenvalue weighted by Gasteiger charge is -2.20. The molecule has 2 unspecified atom stereocenters. The summed E-state index contributed by atoms with van der Waals surface area (Å²) in [7, 11) is 0. The third-order valence-corrected chi connectivity index (χ3v) is 4.13. The molecule has 5 heteroatoms. The molecule has 0 radical (unpaired) electrons. The van der Waals surface area contributed by atoms with Gasteiger partial charge in [0.2, 0.25) is 0 Å². The van der Waals surface area contributed by atoms with Crippen LogP contribution in [0.3, 0.4) is 0 Å². The zero-order valence-corrected chi connectivity index (χ0v) is 12.1. The molecular formula is C11H15Br2N3. The fourth-order valence-electron chi connectivity index (χ4n) is 2.21. The van der Waals surface area contributed by atoms with Crippen molar-refractivity contribution in [1.29, 1.82) is 0 Å². The Labute approximate surface area is 112 Å². The lowest BCUT2D eigenvalue weighted by atomic mass is 10.0. The van der Waals surface area contributed by atoms with Gasteiger partial charge in [-0.3, -0.25) is 0 Å². The molecule has 1 aromatic rings. The molecule has 1 aliphatic carbocycles. The Balaban J connectivity index is 2.08. The number of rotatable bonds is 3. The van der Waals surface area contributed by atoms with E-state index < -0.39 is 0 Å². The van der Waals surface area contributed by atoms with Crippen molar-refractivity contribution in [2.24, 2.45) is 11.7 Å². The minimum Gasteiger partial charge on any atom is -0.366 e. The topological polar surface area (TPSA) is 50.9 Å². The number of pyridine rings is 1. The first-order chi connectivity index (χ1) is 7.70. The molecule has 3 N–H and O–H groups in total. The largest absolute Gasteiger partial charge is 0.366 e. The first kappa shape index (κ1) is 12.3. The highest BCUT2D eigenvalue weighted by atomic mass is 79.9. The molecule has 0 spiro atoms. The van der Waals surface area contributed by atoms with Gasteiger partial charge in [-0.15, -0.1) is 0 Å². The number of anilines is 1. The van der Waals surface area contributed by atoms with E-state index in [9.17, 15) is 0 Å². The second kappa shape index (κ2) is 5.47. The number of hydrogen-bond donors (Lipinski definition) is 2. The van der Waals surface area contributed by atoms with Gasteiger partial charge in [-0.25, -0.2) is 4.98 Å². The Hall–Kier alpha value is -0.130. The van der Waals surface area contributed by atoms with Crippen LogP contribution in [-0.2, 0) is 0 Å². The van der Waals surface area contributed by atoms with Crippen molar-refractivity contribution in [3.63, 3.8) is 0 Å². The highest BCUT2D eigenvalue weighted by molar-refractivity contribution is 9.11. The number of hydrogen-bond acceptors (Lipinski definition) is 3. The third kappa shape index (κ3) is 2.76. The van der Waals surface area contributed by atoms with Gasteiger partial charge in [0.25, 0.3) is 0 Å². The first-order valence-corrected chi connectivity index (χ1v) is 7.07. The monoisotopic (exact) mass is 347 g/mol. The first-order valence-electron chi connectivity index (χ1n) is 5.48. The van der Waals surface area contributed by atoms with Crippen molar-refractivity contribution in [2.45, 2.75) is 25.3 Å². The maximum Gasteiger partial charge on any atom is 0.140 e. The maximum atomic E-state index is 5.76. The van der Waals surface area contributed by atoms with Crippen molar-refractivity contribution in [1.82, 2.24) is 4.98 Å². The highest BCUT2D eigenvalue weighted by Gasteiger charge is 2.26. The SMILES string of the molecule is NCC1CCCC1Nc1ncc(Br)cc1Br. The maximum absolute atomic E-state index is 5.76. The van der Waals surface area contributed by atoms with Gasteiger partial charge in [-0.1, -0.05) is 6.42 Å². The number of nitrogens with one attached hydrogen (secondary N) is 1. The fraction of sp³-hybridized carbons (Fsp3) is 0.545. The van der Waals surface area contributed by atoms with Crippen LogP contribution in [0.5, 0.6) is 0 Å². The Bertz CT molecular complexity index is 370. The lowest BCUT2D eigenvalue weighted by molar-refractivity contribution is 0.515. The fourth-order valence-corrected chi connectivity index (χ4v) is 3.31. The molecule has 0 bridgehead atoms. The van der Waals surface area contributed by atoms with Crippen LogP contribution in [0.2, 0.25) is 0 Å². The standard InChI is InChI=1S/C11H15Br2N3/c12-8-4-9(13)11(15-6-8)16-10-3-1-2-7(10)5-14/h4,6-7,10H,1-3,5,14H2,(H,15,16). The Morgan fingerprint density at radius 1 is 1.44 bits per heavy atom. The minimum atomic E-state index is 0.468. The average molecular weight is 349 g/mol. The second-order valence-corrected chi connectivity index (χ2v) is 5.93. The molecule has 0 aromatic carbocycles. The summed E-state index contributed by atoms with van der Waals surface area (Å²) in [4.78, 5) is 4.36. The van der Waals surface area contributed by atoms with E-state index in [1.54, 1.807) is 6.20 Å². The number of nitrogens with zero attached hydrogens (tertiary/aromatic N) is 1. The summed E-state index contributed by atoms with van der Waals surface area (Å²) in [6, 6.07) is 2.47. The minimum absolute atomic E-state index is 0.468. The summed E-state index contributed by atoms with van der Waals surface area (Å²) < 4.78 is 1.97. The van der Waals surface area contributed by atoms with Gasteiger partial charge >= 0.3 is 0 Å². The molecule has 2 atom stereocenters. The van der Waals surface area contributed by atoms with E-state index in [-0.39, 0.29) is 0 Å². The van der Waals surface area contributed by atoms with E-state index in [0.717, 1.165) is 21.3 Å². The molecule has 1 fully saturated rings. The van der Waals surface area contributed by atoms with E-state index in [1.807, 2.05) is 6.07 Å². The van der Waals surface area contributed by atoms with Crippen molar-refractivity contribution in [3.8, 4) is 0 Å². The molecule has 3 nitrogen and oxygen atoms in total. The molecule has 1 heterocycles. The van der Waals surface area contributed by atoms with Gasteiger partial charge in [0, 0.05) is 16.7 Å². The molecule has 88 valence electrons. The molecular weight excluding hydrogens is 334 g/mol. The second-order valence-electron chi connectivity index (χ2n) is 4.16. The summed E-state index contributed by atoms with van der Waals surface area (Å²) >= 11 is 6.90. The van der Waals surface area contributed by atoms with Crippen molar-refractivity contribution in [2.75, 3.05) is 11.9 Å². The lowest BCUT2D eigenvalue weighted by Crippen LogP contribution is -2.29. The van der Waals surface area contributed by atoms with Crippen LogP contribution in [-0.4, -0.2) is 17.6 Å². The molecule has 0 saturated heterocycles. The van der Waals surface area contributed by atoms with Gasteiger partial charge < -0.3 is 11.1 Å². The molecule has 1 aliphatic rings. The van der Waals surface area contributed by atoms with E-state index in [4.69, 9.17) is 5.73 Å². The molecule has 0 aliphatic heterocycles. The predicted molar refractivity (Wildman–Crippen MR) is 73.4 cm³/mol. The summed E-state index contributed by atoms with van der Waals surface area (Å²) in [6.45, 7) is 0.756. The van der Waals surface area contributed by atoms with Crippen molar-refractivity contribution >= 4 is 37.7 Å². The molecule has 16 heavy (non-hydrogen) atoms. The van der Waals surface area contributed by atoms with Crippen molar-refractivity contribution in [3.05, 3.63) is 21.2 Å². The van der Waals surface area contributed by atoms with E-state index in [1.165, 1.54) is 19.3 Å². The summed E-state index contributed by atoms with van der Waals surface area (Å²) in [5, 5.41) is 3.48. The van der Waals surface area contributed by atoms with E-state index >= 15 is 0 Å². The van der Waals surface area contributed by atoms with Gasteiger partial charge in [-0.2, -0.15) is 0 Å². The van der Waals surface area contributed by atoms with Crippen LogP contribution < -0.4 is 11.1 Å². The predicted octanol–water partition coefficient (Wildman–Crippen LogP) is 3.15. The van der Waals surface area contributed by atoms with Gasteiger partial charge in [0.05, 0.1) is 4.47 Å². The quantitative estimate of drug-likeness (QED) is 0.882. The normalized spacial score (nSPS) is 24.7.